The van der Waals surface area contributed by atoms with Crippen molar-refractivity contribution in [2.45, 2.75) is 6.92 Å². The van der Waals surface area contributed by atoms with E-state index in [0.29, 0.717) is 23.7 Å². The zero-order valence-corrected chi connectivity index (χ0v) is 17.7. The molecule has 0 atom stereocenters. The summed E-state index contributed by atoms with van der Waals surface area (Å²) < 4.78 is 10.6. The third-order valence-electron chi connectivity index (χ3n) is 4.14. The van der Waals surface area contributed by atoms with Crippen molar-refractivity contribution in [3.05, 3.63) is 82.0 Å². The number of carbonyl (C=O) groups excluding carboxylic acids is 3. The summed E-state index contributed by atoms with van der Waals surface area (Å²) in [6.07, 6.45) is 0. The van der Waals surface area contributed by atoms with Gasteiger partial charge in [0.25, 0.3) is 11.8 Å². The van der Waals surface area contributed by atoms with E-state index in [1.807, 2.05) is 36.6 Å². The van der Waals surface area contributed by atoms with Gasteiger partial charge in [0.05, 0.1) is 17.0 Å². The highest BCUT2D eigenvalue weighted by molar-refractivity contribution is 7.12. The third kappa shape index (κ3) is 6.97. The molecule has 0 spiro atoms. The zero-order chi connectivity index (χ0) is 22.1. The van der Waals surface area contributed by atoms with Crippen molar-refractivity contribution in [3.63, 3.8) is 0 Å². The Balaban J connectivity index is 1.36. The van der Waals surface area contributed by atoms with Crippen LogP contribution in [0, 0.1) is 6.92 Å². The maximum atomic E-state index is 12.1. The van der Waals surface area contributed by atoms with Gasteiger partial charge in [-0.1, -0.05) is 18.2 Å². The molecule has 0 saturated heterocycles. The van der Waals surface area contributed by atoms with Crippen LogP contribution < -0.4 is 15.4 Å². The molecule has 8 heteroatoms. The van der Waals surface area contributed by atoms with Gasteiger partial charge >= 0.3 is 5.97 Å². The Hall–Kier alpha value is -3.65. The van der Waals surface area contributed by atoms with Crippen molar-refractivity contribution in [1.82, 2.24) is 5.32 Å². The number of hydrogen-bond acceptors (Lipinski definition) is 6. The predicted octanol–water partition coefficient (Wildman–Crippen LogP) is 3.66. The van der Waals surface area contributed by atoms with E-state index in [1.165, 1.54) is 23.5 Å². The molecule has 31 heavy (non-hydrogen) atoms. The minimum absolute atomic E-state index is 0.214. The topological polar surface area (TPSA) is 93.7 Å². The van der Waals surface area contributed by atoms with Crippen LogP contribution in [0.5, 0.6) is 5.75 Å². The lowest BCUT2D eigenvalue weighted by atomic mass is 10.2. The monoisotopic (exact) mass is 438 g/mol. The number of rotatable bonds is 9. The Bertz CT molecular complexity index is 1030. The molecule has 0 radical (unpaired) electrons. The number of esters is 1. The second-order valence-electron chi connectivity index (χ2n) is 6.60. The van der Waals surface area contributed by atoms with Crippen LogP contribution in [0.4, 0.5) is 5.69 Å². The summed E-state index contributed by atoms with van der Waals surface area (Å²) in [5.74, 6) is -0.521. The quantitative estimate of drug-likeness (QED) is 0.393. The maximum Gasteiger partial charge on any atom is 0.338 e. The second-order valence-corrected chi connectivity index (χ2v) is 7.55. The van der Waals surface area contributed by atoms with Crippen LogP contribution in [0.2, 0.25) is 0 Å². The molecule has 0 fully saturated rings. The molecular formula is C23H22N2O5S. The van der Waals surface area contributed by atoms with Gasteiger partial charge in [-0.05, 0) is 60.3 Å². The van der Waals surface area contributed by atoms with E-state index in [0.717, 1.165) is 11.3 Å². The molecule has 0 aliphatic heterocycles. The molecule has 160 valence electrons. The van der Waals surface area contributed by atoms with Crippen LogP contribution in [-0.4, -0.2) is 37.5 Å². The van der Waals surface area contributed by atoms with Crippen molar-refractivity contribution < 1.29 is 23.9 Å². The Morgan fingerprint density at radius 1 is 1.00 bits per heavy atom. The molecule has 0 aliphatic rings. The van der Waals surface area contributed by atoms with Gasteiger partial charge in [-0.3, -0.25) is 9.59 Å². The molecule has 0 aliphatic carbocycles. The van der Waals surface area contributed by atoms with Crippen molar-refractivity contribution in [2.24, 2.45) is 0 Å². The highest BCUT2D eigenvalue weighted by atomic mass is 32.1. The number of ether oxygens (including phenoxy) is 2. The van der Waals surface area contributed by atoms with Crippen LogP contribution in [0.1, 0.15) is 25.6 Å². The Kier molecular flexibility index (Phi) is 7.78. The molecule has 1 heterocycles. The van der Waals surface area contributed by atoms with Gasteiger partial charge in [-0.15, -0.1) is 11.3 Å². The molecule has 0 unspecified atom stereocenters. The predicted molar refractivity (Wildman–Crippen MR) is 119 cm³/mol. The van der Waals surface area contributed by atoms with Gasteiger partial charge in [0.2, 0.25) is 0 Å². The van der Waals surface area contributed by atoms with Crippen molar-refractivity contribution in [2.75, 3.05) is 25.1 Å². The van der Waals surface area contributed by atoms with Gasteiger partial charge in [0.1, 0.15) is 12.4 Å². The lowest BCUT2D eigenvalue weighted by Crippen LogP contribution is -2.32. The fourth-order valence-corrected chi connectivity index (χ4v) is 3.24. The van der Waals surface area contributed by atoms with E-state index in [1.54, 1.807) is 24.3 Å². The number of anilines is 1. The molecule has 3 aromatic rings. The molecule has 0 bridgehead atoms. The van der Waals surface area contributed by atoms with Crippen molar-refractivity contribution in [3.8, 4) is 5.75 Å². The molecule has 2 amide bonds. The molecule has 2 aromatic carbocycles. The van der Waals surface area contributed by atoms with E-state index in [9.17, 15) is 14.4 Å². The number of carbonyl (C=O) groups is 3. The van der Waals surface area contributed by atoms with Gasteiger partial charge < -0.3 is 20.1 Å². The van der Waals surface area contributed by atoms with E-state index >= 15 is 0 Å². The largest absolute Gasteiger partial charge is 0.492 e. The first-order valence-electron chi connectivity index (χ1n) is 9.59. The fourth-order valence-electron chi connectivity index (χ4n) is 2.62. The van der Waals surface area contributed by atoms with Crippen LogP contribution in [0.3, 0.4) is 0 Å². The Labute approximate surface area is 184 Å². The Morgan fingerprint density at radius 2 is 1.81 bits per heavy atom. The van der Waals surface area contributed by atoms with Crippen molar-refractivity contribution in [1.29, 1.82) is 0 Å². The first-order valence-corrected chi connectivity index (χ1v) is 10.5. The lowest BCUT2D eigenvalue weighted by molar-refractivity contribution is -0.124. The molecule has 2 N–H and O–H groups in total. The summed E-state index contributed by atoms with van der Waals surface area (Å²) >= 11 is 1.34. The van der Waals surface area contributed by atoms with Crippen LogP contribution in [0.15, 0.2) is 66.0 Å². The molecular weight excluding hydrogens is 416 g/mol. The number of thiophene rings is 1. The second kappa shape index (κ2) is 10.9. The van der Waals surface area contributed by atoms with Gasteiger partial charge in [0.15, 0.2) is 6.61 Å². The average molecular weight is 439 g/mol. The zero-order valence-electron chi connectivity index (χ0n) is 16.9. The molecule has 3 rings (SSSR count). The van der Waals surface area contributed by atoms with Crippen LogP contribution in [-0.2, 0) is 9.53 Å². The number of nitrogens with one attached hydrogen (secondary N) is 2. The number of benzene rings is 2. The van der Waals surface area contributed by atoms with Crippen LogP contribution in [0.25, 0.3) is 0 Å². The van der Waals surface area contributed by atoms with E-state index in [2.05, 4.69) is 10.6 Å². The fraction of sp³-hybridized carbons (Fsp3) is 0.174. The normalized spacial score (nSPS) is 10.2. The summed E-state index contributed by atoms with van der Waals surface area (Å²) in [6.45, 7) is 2.18. The lowest BCUT2D eigenvalue weighted by Gasteiger charge is -2.09. The molecule has 1 aromatic heterocycles. The summed E-state index contributed by atoms with van der Waals surface area (Å²) in [4.78, 5) is 36.6. The average Bonchev–Trinajstić information content (AvgIpc) is 3.31. The van der Waals surface area contributed by atoms with E-state index in [4.69, 9.17) is 9.47 Å². The summed E-state index contributed by atoms with van der Waals surface area (Å²) in [6, 6.07) is 17.4. The Morgan fingerprint density at radius 3 is 2.52 bits per heavy atom. The molecule has 7 nitrogen and oxygen atoms in total. The minimum atomic E-state index is -0.623. The summed E-state index contributed by atoms with van der Waals surface area (Å²) in [5, 5.41) is 7.20. The summed E-state index contributed by atoms with van der Waals surface area (Å²) in [7, 11) is 0. The van der Waals surface area contributed by atoms with Crippen molar-refractivity contribution >= 4 is 34.8 Å². The first-order chi connectivity index (χ1) is 15.0. The number of hydrogen-bond donors (Lipinski definition) is 2. The first kappa shape index (κ1) is 22.0. The smallest absolute Gasteiger partial charge is 0.338 e. The third-order valence-corrected chi connectivity index (χ3v) is 5.01. The van der Waals surface area contributed by atoms with Gasteiger partial charge in [-0.25, -0.2) is 4.79 Å². The summed E-state index contributed by atoms with van der Waals surface area (Å²) in [5.41, 5.74) is 1.93. The minimum Gasteiger partial charge on any atom is -0.492 e. The molecule has 0 saturated carbocycles. The standard InChI is InChI=1S/C23H22N2O5S/c1-16-4-2-5-19(14-16)29-12-11-24-21(26)15-30-23(28)17-7-9-18(10-8-17)25-22(27)20-6-3-13-31-20/h2-10,13-14H,11-12,15H2,1H3,(H,24,26)(H,25,27). The SMILES string of the molecule is Cc1cccc(OCCNC(=O)COC(=O)c2ccc(NC(=O)c3cccs3)cc2)c1. The highest BCUT2D eigenvalue weighted by Gasteiger charge is 2.11. The van der Waals surface area contributed by atoms with Gasteiger partial charge in [-0.2, -0.15) is 0 Å². The van der Waals surface area contributed by atoms with Gasteiger partial charge in [0, 0.05) is 5.69 Å². The number of amides is 2. The van der Waals surface area contributed by atoms with Crippen LogP contribution >= 0.6 is 11.3 Å². The highest BCUT2D eigenvalue weighted by Crippen LogP contribution is 2.15. The maximum absolute atomic E-state index is 12.1. The number of aryl methyl sites for hydroxylation is 1. The van der Waals surface area contributed by atoms with E-state index in [-0.39, 0.29) is 18.1 Å². The van der Waals surface area contributed by atoms with E-state index < -0.39 is 11.9 Å².